The molecule has 2 amide bonds. The summed E-state index contributed by atoms with van der Waals surface area (Å²) >= 11 is 7.42. The standard InChI is InChI=1S/C18H16ClN3OS/c1-13-12-22(16-10-8-14(19)9-11-16)18(24-13)20-17(23)21(2)15-6-4-3-5-7-15/h3-12H,1-2H3. The largest absolute Gasteiger partial charge is 0.350 e. The van der Waals surface area contributed by atoms with Crippen LogP contribution in [-0.2, 0) is 0 Å². The molecular formula is C18H16ClN3OS. The molecule has 0 N–H and O–H groups in total. The van der Waals surface area contributed by atoms with Crippen LogP contribution in [0.3, 0.4) is 0 Å². The molecule has 0 atom stereocenters. The second-order valence-corrected chi connectivity index (χ2v) is 6.91. The van der Waals surface area contributed by atoms with Gasteiger partial charge in [0, 0.05) is 34.5 Å². The molecule has 0 radical (unpaired) electrons. The van der Waals surface area contributed by atoms with Gasteiger partial charge < -0.3 is 0 Å². The third kappa shape index (κ3) is 3.58. The summed E-state index contributed by atoms with van der Waals surface area (Å²) in [6, 6.07) is 16.6. The van der Waals surface area contributed by atoms with Crippen LogP contribution in [0.5, 0.6) is 0 Å². The van der Waals surface area contributed by atoms with Crippen LogP contribution in [-0.4, -0.2) is 17.6 Å². The van der Waals surface area contributed by atoms with E-state index in [1.54, 1.807) is 7.05 Å². The van der Waals surface area contributed by atoms with E-state index >= 15 is 0 Å². The predicted molar refractivity (Wildman–Crippen MR) is 99.2 cm³/mol. The fourth-order valence-electron chi connectivity index (χ4n) is 2.24. The Labute approximate surface area is 149 Å². The Balaban J connectivity index is 1.98. The van der Waals surface area contributed by atoms with Gasteiger partial charge in [0.15, 0.2) is 4.80 Å². The number of carbonyl (C=O) groups excluding carboxylic acids is 1. The number of para-hydroxylation sites is 1. The molecule has 0 spiro atoms. The van der Waals surface area contributed by atoms with Crippen molar-refractivity contribution in [3.05, 3.63) is 75.5 Å². The number of nitrogens with zero attached hydrogens (tertiary/aromatic N) is 3. The molecule has 4 nitrogen and oxygen atoms in total. The second kappa shape index (κ2) is 7.03. The van der Waals surface area contributed by atoms with E-state index in [0.29, 0.717) is 9.82 Å². The molecule has 122 valence electrons. The molecule has 24 heavy (non-hydrogen) atoms. The Morgan fingerprint density at radius 1 is 1.12 bits per heavy atom. The summed E-state index contributed by atoms with van der Waals surface area (Å²) < 4.78 is 1.90. The minimum Gasteiger partial charge on any atom is -0.296 e. The van der Waals surface area contributed by atoms with Crippen molar-refractivity contribution in [3.63, 3.8) is 0 Å². The van der Waals surface area contributed by atoms with Gasteiger partial charge in [-0.15, -0.1) is 11.3 Å². The number of benzene rings is 2. The molecule has 0 bridgehead atoms. The number of amides is 2. The lowest BCUT2D eigenvalue weighted by Gasteiger charge is -2.13. The van der Waals surface area contributed by atoms with Gasteiger partial charge in [-0.2, -0.15) is 4.99 Å². The summed E-state index contributed by atoms with van der Waals surface area (Å²) in [5, 5.41) is 0.671. The van der Waals surface area contributed by atoms with Gasteiger partial charge >= 0.3 is 6.03 Å². The smallest absolute Gasteiger partial charge is 0.296 e. The highest BCUT2D eigenvalue weighted by Gasteiger charge is 2.11. The zero-order valence-electron chi connectivity index (χ0n) is 13.3. The molecule has 0 aliphatic heterocycles. The lowest BCUT2D eigenvalue weighted by molar-refractivity contribution is 0.254. The van der Waals surface area contributed by atoms with E-state index in [2.05, 4.69) is 4.99 Å². The highest BCUT2D eigenvalue weighted by molar-refractivity contribution is 7.09. The maximum Gasteiger partial charge on any atom is 0.350 e. The fraction of sp³-hybridized carbons (Fsp3) is 0.111. The summed E-state index contributed by atoms with van der Waals surface area (Å²) in [5.74, 6) is 0. The molecular weight excluding hydrogens is 342 g/mol. The van der Waals surface area contributed by atoms with Crippen LogP contribution < -0.4 is 9.70 Å². The maximum absolute atomic E-state index is 12.5. The first kappa shape index (κ1) is 16.5. The molecule has 6 heteroatoms. The topological polar surface area (TPSA) is 37.6 Å². The van der Waals surface area contributed by atoms with Crippen LogP contribution in [0.15, 0.2) is 65.8 Å². The van der Waals surface area contributed by atoms with Crippen LogP contribution >= 0.6 is 22.9 Å². The van der Waals surface area contributed by atoms with Crippen LogP contribution in [0.25, 0.3) is 5.69 Å². The molecule has 0 unspecified atom stereocenters. The summed E-state index contributed by atoms with van der Waals surface area (Å²) in [5.41, 5.74) is 1.72. The van der Waals surface area contributed by atoms with Crippen molar-refractivity contribution in [2.24, 2.45) is 4.99 Å². The molecule has 1 aromatic heterocycles. The van der Waals surface area contributed by atoms with Crippen LogP contribution in [0.1, 0.15) is 4.88 Å². The van der Waals surface area contributed by atoms with Crippen molar-refractivity contribution in [1.82, 2.24) is 4.57 Å². The number of urea groups is 1. The van der Waals surface area contributed by atoms with E-state index < -0.39 is 0 Å². The number of hydrogen-bond acceptors (Lipinski definition) is 2. The van der Waals surface area contributed by atoms with Gasteiger partial charge in [0.05, 0.1) is 0 Å². The van der Waals surface area contributed by atoms with Crippen LogP contribution in [0, 0.1) is 6.92 Å². The number of aromatic nitrogens is 1. The molecule has 0 aliphatic carbocycles. The average molecular weight is 358 g/mol. The lowest BCUT2D eigenvalue weighted by Crippen LogP contribution is -2.26. The van der Waals surface area contributed by atoms with E-state index in [1.165, 1.54) is 16.2 Å². The molecule has 0 saturated carbocycles. The van der Waals surface area contributed by atoms with Gasteiger partial charge in [0.25, 0.3) is 0 Å². The van der Waals surface area contributed by atoms with Gasteiger partial charge in [-0.05, 0) is 43.3 Å². The van der Waals surface area contributed by atoms with Crippen molar-refractivity contribution in [3.8, 4) is 5.69 Å². The molecule has 3 rings (SSSR count). The van der Waals surface area contributed by atoms with Crippen molar-refractivity contribution in [2.75, 3.05) is 11.9 Å². The first-order valence-corrected chi connectivity index (χ1v) is 8.56. The first-order chi connectivity index (χ1) is 11.5. The number of thiazole rings is 1. The molecule has 2 aromatic carbocycles. The molecule has 0 aliphatic rings. The van der Waals surface area contributed by atoms with Gasteiger partial charge in [0.2, 0.25) is 0 Å². The van der Waals surface area contributed by atoms with E-state index in [4.69, 9.17) is 11.6 Å². The highest BCUT2D eigenvalue weighted by atomic mass is 35.5. The van der Waals surface area contributed by atoms with E-state index in [-0.39, 0.29) is 6.03 Å². The van der Waals surface area contributed by atoms with Gasteiger partial charge in [-0.25, -0.2) is 4.79 Å². The van der Waals surface area contributed by atoms with Crippen LogP contribution in [0.4, 0.5) is 10.5 Å². The number of carbonyl (C=O) groups is 1. The van der Waals surface area contributed by atoms with E-state index in [1.807, 2.05) is 72.3 Å². The van der Waals surface area contributed by atoms with Crippen molar-refractivity contribution in [1.29, 1.82) is 0 Å². The minimum atomic E-state index is -0.314. The first-order valence-electron chi connectivity index (χ1n) is 7.37. The number of halogens is 1. The Bertz CT molecular complexity index is 913. The fourth-order valence-corrected chi connectivity index (χ4v) is 3.19. The van der Waals surface area contributed by atoms with E-state index in [0.717, 1.165) is 16.3 Å². The monoisotopic (exact) mass is 357 g/mol. The molecule has 0 saturated heterocycles. The van der Waals surface area contributed by atoms with Crippen molar-refractivity contribution >= 4 is 34.7 Å². The van der Waals surface area contributed by atoms with Crippen molar-refractivity contribution in [2.45, 2.75) is 6.92 Å². The highest BCUT2D eigenvalue weighted by Crippen LogP contribution is 2.15. The second-order valence-electron chi connectivity index (χ2n) is 5.26. The van der Waals surface area contributed by atoms with Gasteiger partial charge in [-0.1, -0.05) is 29.8 Å². The quantitative estimate of drug-likeness (QED) is 0.657. The number of anilines is 1. The molecule has 0 fully saturated rings. The Morgan fingerprint density at radius 2 is 1.79 bits per heavy atom. The summed E-state index contributed by atoms with van der Waals surface area (Å²) in [4.78, 5) is 20.0. The number of rotatable bonds is 2. The van der Waals surface area contributed by atoms with E-state index in [9.17, 15) is 4.79 Å². The Morgan fingerprint density at radius 3 is 2.46 bits per heavy atom. The summed E-state index contributed by atoms with van der Waals surface area (Å²) in [6.07, 6.45) is 1.96. The number of aryl methyl sites for hydroxylation is 1. The maximum atomic E-state index is 12.5. The zero-order valence-corrected chi connectivity index (χ0v) is 14.9. The molecule has 3 aromatic rings. The lowest BCUT2D eigenvalue weighted by atomic mass is 10.3. The molecule has 1 heterocycles. The SMILES string of the molecule is Cc1cn(-c2ccc(Cl)cc2)c(=NC(=O)N(C)c2ccccc2)s1. The predicted octanol–water partition coefficient (Wildman–Crippen LogP) is 4.66. The van der Waals surface area contributed by atoms with Gasteiger partial charge in [-0.3, -0.25) is 9.47 Å². The minimum absolute atomic E-state index is 0.314. The van der Waals surface area contributed by atoms with Crippen molar-refractivity contribution < 1.29 is 4.79 Å². The normalized spacial score (nSPS) is 11.5. The third-order valence-corrected chi connectivity index (χ3v) is 4.65. The van der Waals surface area contributed by atoms with Gasteiger partial charge in [0.1, 0.15) is 0 Å². The summed E-state index contributed by atoms with van der Waals surface area (Å²) in [7, 11) is 1.72. The van der Waals surface area contributed by atoms with Crippen LogP contribution in [0.2, 0.25) is 5.02 Å². The summed E-state index contributed by atoms with van der Waals surface area (Å²) in [6.45, 7) is 1.99. The zero-order chi connectivity index (χ0) is 17.1. The Kier molecular flexibility index (Phi) is 4.83. The number of hydrogen-bond donors (Lipinski definition) is 0. The average Bonchev–Trinajstić information content (AvgIpc) is 2.96. The Hall–Kier alpha value is -2.37. The third-order valence-electron chi connectivity index (χ3n) is 3.50.